The molecule has 0 spiro atoms. The second-order valence-electron chi connectivity index (χ2n) is 11.6. The zero-order valence-electron chi connectivity index (χ0n) is 25.4. The van der Waals surface area contributed by atoms with Crippen LogP contribution in [0, 0.1) is 62.3 Å². The molecule has 0 bridgehead atoms. The van der Waals surface area contributed by atoms with Crippen molar-refractivity contribution < 1.29 is 0 Å². The molecule has 40 heavy (non-hydrogen) atoms. The molecule has 0 N–H and O–H groups in total. The molecule has 0 amide bonds. The third-order valence-corrected chi connectivity index (χ3v) is 8.57. The van der Waals surface area contributed by atoms with Gasteiger partial charge in [-0.15, -0.1) is 0 Å². The molecule has 0 aliphatic heterocycles. The fourth-order valence-corrected chi connectivity index (χ4v) is 7.28. The van der Waals surface area contributed by atoms with Crippen LogP contribution in [0.15, 0.2) is 73.3 Å². The van der Waals surface area contributed by atoms with Gasteiger partial charge in [-0.1, -0.05) is 80.6 Å². The predicted molar refractivity (Wildman–Crippen MR) is 173 cm³/mol. The first kappa shape index (κ1) is 27.6. The standard InChI is InChI=1S/C37H39BN2/c1-22-16-25(4)35(26(5)17-22)38(36-27(6)18-23(2)33(29(36)8)31-12-10-14-39-20-31)37-28(7)19-24(3)34(30(37)9)32-13-11-15-40-21-32/h10-21H,1-9H3. The fraction of sp³-hybridized carbons (Fsp3) is 0.243. The number of benzene rings is 3. The van der Waals surface area contributed by atoms with Crippen molar-refractivity contribution in [2.75, 3.05) is 0 Å². The molecular formula is C37H39BN2. The van der Waals surface area contributed by atoms with Gasteiger partial charge in [0.15, 0.2) is 0 Å². The van der Waals surface area contributed by atoms with Gasteiger partial charge in [0.2, 0.25) is 6.71 Å². The lowest BCUT2D eigenvalue weighted by atomic mass is 9.32. The zero-order chi connectivity index (χ0) is 28.7. The minimum atomic E-state index is 0.0904. The Hall–Kier alpha value is -3.98. The molecule has 3 heteroatoms. The topological polar surface area (TPSA) is 25.8 Å². The molecule has 0 aliphatic carbocycles. The molecule has 0 fully saturated rings. The molecule has 200 valence electrons. The van der Waals surface area contributed by atoms with Gasteiger partial charge in [0.25, 0.3) is 0 Å². The zero-order valence-corrected chi connectivity index (χ0v) is 25.4. The number of nitrogens with zero attached hydrogens (tertiary/aromatic N) is 2. The Kier molecular flexibility index (Phi) is 7.51. The molecule has 0 aliphatic rings. The SMILES string of the molecule is Cc1cc(C)c(B(c2c(C)cc(C)c(-c3cccnc3)c2C)c2c(C)cc(C)c(-c3cccnc3)c2C)c(C)c1. The lowest BCUT2D eigenvalue weighted by Crippen LogP contribution is -2.57. The third kappa shape index (κ3) is 4.79. The van der Waals surface area contributed by atoms with Gasteiger partial charge in [-0.25, -0.2) is 0 Å². The van der Waals surface area contributed by atoms with Crippen LogP contribution in [0.4, 0.5) is 0 Å². The molecule has 0 saturated heterocycles. The van der Waals surface area contributed by atoms with Crippen LogP contribution in [0.3, 0.4) is 0 Å². The van der Waals surface area contributed by atoms with Crippen LogP contribution in [-0.2, 0) is 0 Å². The van der Waals surface area contributed by atoms with Crippen molar-refractivity contribution >= 4 is 23.1 Å². The Bertz CT molecular complexity index is 1600. The molecule has 0 radical (unpaired) electrons. The minimum Gasteiger partial charge on any atom is -0.264 e. The Morgan fingerprint density at radius 3 is 1.25 bits per heavy atom. The van der Waals surface area contributed by atoms with E-state index in [1.165, 1.54) is 88.7 Å². The molecule has 2 aromatic heterocycles. The minimum absolute atomic E-state index is 0.0904. The number of hydrogen-bond acceptors (Lipinski definition) is 2. The Balaban J connectivity index is 1.92. The Morgan fingerprint density at radius 1 is 0.475 bits per heavy atom. The van der Waals surface area contributed by atoms with E-state index < -0.39 is 0 Å². The van der Waals surface area contributed by atoms with Crippen LogP contribution >= 0.6 is 0 Å². The van der Waals surface area contributed by atoms with Crippen LogP contribution in [0.5, 0.6) is 0 Å². The average Bonchev–Trinajstić information content (AvgIpc) is 2.88. The van der Waals surface area contributed by atoms with Gasteiger partial charge in [-0.2, -0.15) is 0 Å². The molecule has 0 unspecified atom stereocenters. The van der Waals surface area contributed by atoms with Gasteiger partial charge in [-0.3, -0.25) is 9.97 Å². The maximum absolute atomic E-state index is 4.47. The summed E-state index contributed by atoms with van der Waals surface area (Å²) < 4.78 is 0. The second kappa shape index (κ2) is 10.9. The van der Waals surface area contributed by atoms with Gasteiger partial charge < -0.3 is 0 Å². The van der Waals surface area contributed by atoms with E-state index in [1.54, 1.807) is 0 Å². The predicted octanol–water partition coefficient (Wildman–Crippen LogP) is 7.10. The van der Waals surface area contributed by atoms with Crippen LogP contribution in [0.2, 0.25) is 0 Å². The van der Waals surface area contributed by atoms with Gasteiger partial charge in [0.05, 0.1) is 0 Å². The smallest absolute Gasteiger partial charge is 0.243 e. The number of hydrogen-bond donors (Lipinski definition) is 0. The summed E-state index contributed by atoms with van der Waals surface area (Å²) in [5, 5.41) is 0. The molecular weight excluding hydrogens is 483 g/mol. The van der Waals surface area contributed by atoms with E-state index in [-0.39, 0.29) is 6.71 Å². The summed E-state index contributed by atoms with van der Waals surface area (Å²) in [6, 6.07) is 17.9. The molecule has 0 saturated carbocycles. The average molecular weight is 523 g/mol. The largest absolute Gasteiger partial charge is 0.264 e. The summed E-state index contributed by atoms with van der Waals surface area (Å²) in [6.45, 7) is 20.5. The maximum atomic E-state index is 4.47. The number of pyridine rings is 2. The lowest BCUT2D eigenvalue weighted by Gasteiger charge is -2.30. The van der Waals surface area contributed by atoms with Gasteiger partial charge in [0, 0.05) is 35.9 Å². The molecule has 0 atom stereocenters. The Labute approximate surface area is 240 Å². The van der Waals surface area contributed by atoms with Crippen LogP contribution < -0.4 is 16.4 Å². The van der Waals surface area contributed by atoms with Crippen LogP contribution in [0.25, 0.3) is 22.3 Å². The first-order valence-electron chi connectivity index (χ1n) is 14.2. The summed E-state index contributed by atoms with van der Waals surface area (Å²) in [4.78, 5) is 8.94. The van der Waals surface area contributed by atoms with E-state index in [0.717, 1.165) is 0 Å². The van der Waals surface area contributed by atoms with E-state index in [1.807, 2.05) is 36.9 Å². The van der Waals surface area contributed by atoms with Crippen LogP contribution in [-0.4, -0.2) is 16.7 Å². The summed E-state index contributed by atoms with van der Waals surface area (Å²) >= 11 is 0. The third-order valence-electron chi connectivity index (χ3n) is 8.57. The highest BCUT2D eigenvalue weighted by atomic mass is 14.6. The summed E-state index contributed by atoms with van der Waals surface area (Å²) in [6.07, 6.45) is 7.69. The van der Waals surface area contributed by atoms with E-state index >= 15 is 0 Å². The molecule has 2 heterocycles. The first-order chi connectivity index (χ1) is 19.1. The highest BCUT2D eigenvalue weighted by Gasteiger charge is 2.33. The lowest BCUT2D eigenvalue weighted by molar-refractivity contribution is 1.29. The van der Waals surface area contributed by atoms with E-state index in [9.17, 15) is 0 Å². The first-order valence-corrected chi connectivity index (χ1v) is 14.2. The van der Waals surface area contributed by atoms with E-state index in [4.69, 9.17) is 0 Å². The molecule has 3 aromatic carbocycles. The number of rotatable bonds is 5. The second-order valence-corrected chi connectivity index (χ2v) is 11.6. The highest BCUT2D eigenvalue weighted by Crippen LogP contribution is 2.30. The van der Waals surface area contributed by atoms with Gasteiger partial charge in [-0.05, 0) is 108 Å². The monoisotopic (exact) mass is 522 g/mol. The van der Waals surface area contributed by atoms with Crippen molar-refractivity contribution in [3.63, 3.8) is 0 Å². The van der Waals surface area contributed by atoms with Crippen LogP contribution in [0.1, 0.15) is 50.1 Å². The van der Waals surface area contributed by atoms with Gasteiger partial charge in [0.1, 0.15) is 0 Å². The van der Waals surface area contributed by atoms with Crippen molar-refractivity contribution in [1.82, 2.24) is 9.97 Å². The Morgan fingerprint density at radius 2 is 0.875 bits per heavy atom. The maximum Gasteiger partial charge on any atom is 0.243 e. The van der Waals surface area contributed by atoms with Crippen molar-refractivity contribution in [2.24, 2.45) is 0 Å². The molecule has 5 rings (SSSR count). The van der Waals surface area contributed by atoms with Gasteiger partial charge >= 0.3 is 0 Å². The number of aryl methyl sites for hydroxylation is 7. The number of aromatic nitrogens is 2. The normalized spacial score (nSPS) is 11.1. The summed E-state index contributed by atoms with van der Waals surface area (Å²) in [5.74, 6) is 0. The molecule has 2 nitrogen and oxygen atoms in total. The van der Waals surface area contributed by atoms with Crippen molar-refractivity contribution in [3.8, 4) is 22.3 Å². The quantitative estimate of drug-likeness (QED) is 0.230. The van der Waals surface area contributed by atoms with Crippen molar-refractivity contribution in [1.29, 1.82) is 0 Å². The summed E-state index contributed by atoms with van der Waals surface area (Å²) in [5.41, 5.74) is 21.0. The summed E-state index contributed by atoms with van der Waals surface area (Å²) in [7, 11) is 0. The van der Waals surface area contributed by atoms with Crippen molar-refractivity contribution in [3.05, 3.63) is 123 Å². The van der Waals surface area contributed by atoms with E-state index in [0.29, 0.717) is 0 Å². The van der Waals surface area contributed by atoms with Crippen molar-refractivity contribution in [2.45, 2.75) is 62.3 Å². The van der Waals surface area contributed by atoms with E-state index in [2.05, 4.69) is 109 Å². The molecule has 5 aromatic rings. The fourth-order valence-electron chi connectivity index (χ4n) is 7.28. The highest BCUT2D eigenvalue weighted by molar-refractivity contribution is 6.97.